The van der Waals surface area contributed by atoms with Gasteiger partial charge < -0.3 is 9.73 Å². The first kappa shape index (κ1) is 18.9. The quantitative estimate of drug-likeness (QED) is 0.672. The van der Waals surface area contributed by atoms with Gasteiger partial charge in [0.05, 0.1) is 23.0 Å². The number of para-hydroxylation sites is 1. The number of nitrogens with zero attached hydrogens (tertiary/aromatic N) is 3. The lowest BCUT2D eigenvalue weighted by Crippen LogP contribution is -2.49. The fourth-order valence-corrected chi connectivity index (χ4v) is 4.14. The fraction of sp³-hybridized carbons (Fsp3) is 0.263. The molecule has 1 N–H and O–H groups in total. The van der Waals surface area contributed by atoms with Crippen molar-refractivity contribution in [3.05, 3.63) is 58.1 Å². The number of hydrogen-bond acceptors (Lipinski definition) is 6. The molecule has 29 heavy (non-hydrogen) atoms. The summed E-state index contributed by atoms with van der Waals surface area (Å²) in [6.07, 6.45) is 2.00. The Kier molecular flexibility index (Phi) is 5.17. The summed E-state index contributed by atoms with van der Waals surface area (Å²) in [5, 5.41) is 5.16. The summed E-state index contributed by atoms with van der Waals surface area (Å²) in [6, 6.07) is 10.3. The van der Waals surface area contributed by atoms with Crippen molar-refractivity contribution in [2.45, 2.75) is 13.0 Å². The molecule has 2 aromatic heterocycles. The first-order valence-electron chi connectivity index (χ1n) is 9.05. The Hall–Kier alpha value is -3.40. The third kappa shape index (κ3) is 3.79. The van der Waals surface area contributed by atoms with Crippen LogP contribution in [-0.4, -0.2) is 51.9 Å². The minimum absolute atomic E-state index is 0.107. The predicted molar refractivity (Wildman–Crippen MR) is 105 cm³/mol. The second kappa shape index (κ2) is 7.92. The number of thiazole rings is 1. The molecule has 4 rings (SSSR count). The number of carbonyl (C=O) groups is 3. The number of aromatic nitrogens is 1. The standard InChI is InChI=1S/C19H18N4O5S/c24-16(11-20-18(26)14-6-3-10-28-14)22-8-4-9-23(22)17(25)12-21-13-5-1-2-7-15(13)29-19(21)27/h1-3,5-7,10H,4,8-9,11-12H2,(H,20,26). The number of nitrogens with one attached hydrogen (secondary N) is 1. The van der Waals surface area contributed by atoms with E-state index in [0.29, 0.717) is 25.0 Å². The first-order chi connectivity index (χ1) is 14.0. The van der Waals surface area contributed by atoms with Gasteiger partial charge in [0.2, 0.25) is 0 Å². The Morgan fingerprint density at radius 1 is 1.03 bits per heavy atom. The van der Waals surface area contributed by atoms with Crippen molar-refractivity contribution in [1.29, 1.82) is 0 Å². The summed E-state index contributed by atoms with van der Waals surface area (Å²) in [5.74, 6) is -1.15. The zero-order chi connectivity index (χ0) is 20.4. The van der Waals surface area contributed by atoms with E-state index in [1.54, 1.807) is 12.1 Å². The lowest BCUT2D eigenvalue weighted by molar-refractivity contribution is -0.157. The van der Waals surface area contributed by atoms with E-state index in [2.05, 4.69) is 5.32 Å². The molecule has 1 aliphatic heterocycles. The minimum Gasteiger partial charge on any atom is -0.459 e. The maximum absolute atomic E-state index is 12.8. The zero-order valence-electron chi connectivity index (χ0n) is 15.4. The highest BCUT2D eigenvalue weighted by atomic mass is 32.1. The molecule has 0 radical (unpaired) electrons. The van der Waals surface area contributed by atoms with Gasteiger partial charge in [0.15, 0.2) is 5.76 Å². The van der Waals surface area contributed by atoms with E-state index in [4.69, 9.17) is 4.42 Å². The lowest BCUT2D eigenvalue weighted by atomic mass is 10.3. The summed E-state index contributed by atoms with van der Waals surface area (Å²) in [5.41, 5.74) is 0.693. The van der Waals surface area contributed by atoms with Gasteiger partial charge in [-0.05, 0) is 30.7 Å². The maximum atomic E-state index is 12.8. The van der Waals surface area contributed by atoms with Crippen LogP contribution >= 0.6 is 11.3 Å². The number of furan rings is 1. The van der Waals surface area contributed by atoms with E-state index < -0.39 is 11.8 Å². The highest BCUT2D eigenvalue weighted by Crippen LogP contribution is 2.18. The Balaban J connectivity index is 1.42. The second-order valence-electron chi connectivity index (χ2n) is 6.47. The van der Waals surface area contributed by atoms with E-state index in [1.165, 1.54) is 26.9 Å². The number of benzene rings is 1. The van der Waals surface area contributed by atoms with Gasteiger partial charge in [-0.1, -0.05) is 23.5 Å². The highest BCUT2D eigenvalue weighted by Gasteiger charge is 2.31. The van der Waals surface area contributed by atoms with Crippen molar-refractivity contribution in [2.75, 3.05) is 19.6 Å². The van der Waals surface area contributed by atoms with Gasteiger partial charge in [-0.2, -0.15) is 0 Å². The summed E-state index contributed by atoms with van der Waals surface area (Å²) in [7, 11) is 0. The lowest BCUT2D eigenvalue weighted by Gasteiger charge is -2.28. The molecule has 0 atom stereocenters. The van der Waals surface area contributed by atoms with Crippen molar-refractivity contribution >= 4 is 39.3 Å². The highest BCUT2D eigenvalue weighted by molar-refractivity contribution is 7.16. The Labute approximate surface area is 169 Å². The SMILES string of the molecule is O=C(NCC(=O)N1CCCN1C(=O)Cn1c(=O)sc2ccccc21)c1ccco1. The van der Waals surface area contributed by atoms with Crippen LogP contribution in [0.1, 0.15) is 17.0 Å². The number of hydrogen-bond donors (Lipinski definition) is 1. The average molecular weight is 414 g/mol. The maximum Gasteiger partial charge on any atom is 0.308 e. The number of rotatable bonds is 5. The number of hydrazine groups is 1. The van der Waals surface area contributed by atoms with Crippen LogP contribution in [0.5, 0.6) is 0 Å². The summed E-state index contributed by atoms with van der Waals surface area (Å²) in [4.78, 5) is 49.3. The van der Waals surface area contributed by atoms with E-state index in [1.807, 2.05) is 18.2 Å². The second-order valence-corrected chi connectivity index (χ2v) is 7.46. The summed E-state index contributed by atoms with van der Waals surface area (Å²) < 4.78 is 7.21. The Morgan fingerprint density at radius 2 is 1.79 bits per heavy atom. The molecule has 0 saturated carbocycles. The van der Waals surface area contributed by atoms with Crippen molar-refractivity contribution in [2.24, 2.45) is 0 Å². The van der Waals surface area contributed by atoms with Crippen molar-refractivity contribution in [3.63, 3.8) is 0 Å². The predicted octanol–water partition coefficient (Wildman–Crippen LogP) is 1.06. The molecule has 0 spiro atoms. The normalized spacial score (nSPS) is 13.8. The average Bonchev–Trinajstić information content (AvgIpc) is 3.46. The monoisotopic (exact) mass is 414 g/mol. The smallest absolute Gasteiger partial charge is 0.308 e. The minimum atomic E-state index is -0.503. The van der Waals surface area contributed by atoms with Crippen molar-refractivity contribution in [3.8, 4) is 0 Å². The molecule has 150 valence electrons. The van der Waals surface area contributed by atoms with Gasteiger partial charge in [0.25, 0.3) is 17.7 Å². The molecule has 0 unspecified atom stereocenters. The van der Waals surface area contributed by atoms with Crippen molar-refractivity contribution in [1.82, 2.24) is 19.9 Å². The molecule has 3 amide bonds. The Bertz CT molecular complexity index is 1120. The van der Waals surface area contributed by atoms with E-state index in [9.17, 15) is 19.2 Å². The largest absolute Gasteiger partial charge is 0.459 e. The van der Waals surface area contributed by atoms with Crippen LogP contribution in [0.4, 0.5) is 0 Å². The Morgan fingerprint density at radius 3 is 2.55 bits per heavy atom. The van der Waals surface area contributed by atoms with Gasteiger partial charge in [0, 0.05) is 13.1 Å². The van der Waals surface area contributed by atoms with E-state index >= 15 is 0 Å². The van der Waals surface area contributed by atoms with Gasteiger partial charge in [-0.3, -0.25) is 23.7 Å². The molecule has 9 nitrogen and oxygen atoms in total. The first-order valence-corrected chi connectivity index (χ1v) is 9.87. The van der Waals surface area contributed by atoms with E-state index in [0.717, 1.165) is 16.0 Å². The van der Waals surface area contributed by atoms with Crippen LogP contribution in [0, 0.1) is 0 Å². The third-order valence-electron chi connectivity index (χ3n) is 4.62. The molecule has 3 heterocycles. The van der Waals surface area contributed by atoms with Gasteiger partial charge in [0.1, 0.15) is 6.54 Å². The van der Waals surface area contributed by atoms with Gasteiger partial charge >= 0.3 is 4.87 Å². The molecule has 10 heteroatoms. The molecule has 1 aromatic carbocycles. The van der Waals surface area contributed by atoms with Gasteiger partial charge in [-0.15, -0.1) is 0 Å². The zero-order valence-corrected chi connectivity index (χ0v) is 16.2. The molecule has 0 bridgehead atoms. The number of fused-ring (bicyclic) bond motifs is 1. The summed E-state index contributed by atoms with van der Waals surface area (Å²) in [6.45, 7) is 0.351. The van der Waals surface area contributed by atoms with Gasteiger partial charge in [-0.25, -0.2) is 10.0 Å². The molecular weight excluding hydrogens is 396 g/mol. The van der Waals surface area contributed by atoms with Crippen LogP contribution in [-0.2, 0) is 16.1 Å². The number of amides is 3. The van der Waals surface area contributed by atoms with Crippen LogP contribution in [0.15, 0.2) is 51.9 Å². The van der Waals surface area contributed by atoms with Crippen molar-refractivity contribution < 1.29 is 18.8 Å². The molecule has 1 fully saturated rings. The molecule has 3 aromatic rings. The molecule has 1 saturated heterocycles. The van der Waals surface area contributed by atoms with E-state index in [-0.39, 0.29) is 29.6 Å². The van der Waals surface area contributed by atoms with Crippen LogP contribution in [0.3, 0.4) is 0 Å². The molecular formula is C19H18N4O5S. The van der Waals surface area contributed by atoms with Crippen LogP contribution in [0.25, 0.3) is 10.2 Å². The molecule has 0 aliphatic carbocycles. The summed E-state index contributed by atoms with van der Waals surface area (Å²) >= 11 is 1.08. The topological polar surface area (TPSA) is 105 Å². The number of carbonyl (C=O) groups excluding carboxylic acids is 3. The van der Waals surface area contributed by atoms with Crippen LogP contribution in [0.2, 0.25) is 0 Å². The third-order valence-corrected chi connectivity index (χ3v) is 5.58. The van der Waals surface area contributed by atoms with Crippen LogP contribution < -0.4 is 10.2 Å². The molecule has 1 aliphatic rings. The fourth-order valence-electron chi connectivity index (χ4n) is 3.25.